The minimum absolute atomic E-state index is 0.0427. The summed E-state index contributed by atoms with van der Waals surface area (Å²) in [6, 6.07) is 0. The summed E-state index contributed by atoms with van der Waals surface area (Å²) >= 11 is 0. The molecule has 6 heteroatoms. The van der Waals surface area contributed by atoms with Crippen molar-refractivity contribution in [2.45, 2.75) is 32.1 Å². The number of rotatable bonds is 3. The molecule has 3 aliphatic rings. The highest BCUT2D eigenvalue weighted by Crippen LogP contribution is 2.56. The Kier molecular flexibility index (Phi) is 3.63. The molecule has 0 bridgehead atoms. The molecule has 3 rings (SSSR count). The zero-order valence-electron chi connectivity index (χ0n) is 11.9. The molecule has 1 heterocycles. The molecule has 21 heavy (non-hydrogen) atoms. The first kappa shape index (κ1) is 14.4. The molecule has 2 N–H and O–H groups in total. The molecule has 2 saturated carbocycles. The number of fused-ring (bicyclic) bond motifs is 1. The first-order valence-electron chi connectivity index (χ1n) is 7.75. The van der Waals surface area contributed by atoms with Crippen molar-refractivity contribution in [3.63, 3.8) is 0 Å². The summed E-state index contributed by atoms with van der Waals surface area (Å²) in [6.45, 7) is 0.413. The van der Waals surface area contributed by atoms with E-state index >= 15 is 0 Å². The second-order valence-electron chi connectivity index (χ2n) is 6.60. The van der Waals surface area contributed by atoms with Crippen LogP contribution in [0.15, 0.2) is 0 Å². The van der Waals surface area contributed by atoms with Crippen molar-refractivity contribution in [3.8, 4) is 0 Å². The van der Waals surface area contributed by atoms with Crippen LogP contribution in [0.4, 0.5) is 0 Å². The Hall–Kier alpha value is -1.59. The van der Waals surface area contributed by atoms with Crippen molar-refractivity contribution < 1.29 is 24.6 Å². The average Bonchev–Trinajstić information content (AvgIpc) is 3.20. The van der Waals surface area contributed by atoms with Crippen molar-refractivity contribution in [2.24, 2.45) is 29.6 Å². The van der Waals surface area contributed by atoms with E-state index in [-0.39, 0.29) is 24.8 Å². The van der Waals surface area contributed by atoms with Crippen LogP contribution in [-0.2, 0) is 14.4 Å². The first-order valence-corrected chi connectivity index (χ1v) is 7.75. The van der Waals surface area contributed by atoms with E-state index in [1.807, 2.05) is 0 Å². The van der Waals surface area contributed by atoms with Gasteiger partial charge in [0.1, 0.15) is 0 Å². The standard InChI is InChI=1S/C15H21NO5/c17-13(12-8-3-1-2-4-9(8)12)16-6-5-10(14(18)19)11(7-16)15(20)21/h8-12H,1-7H2,(H,18,19)(H,20,21). The molecule has 0 radical (unpaired) electrons. The van der Waals surface area contributed by atoms with Crippen molar-refractivity contribution >= 4 is 17.8 Å². The molecule has 1 aliphatic heterocycles. The quantitative estimate of drug-likeness (QED) is 0.811. The third-order valence-electron chi connectivity index (χ3n) is 5.50. The van der Waals surface area contributed by atoms with Crippen LogP contribution >= 0.6 is 0 Å². The average molecular weight is 295 g/mol. The molecule has 0 aromatic heterocycles. The molecular weight excluding hydrogens is 274 g/mol. The lowest BCUT2D eigenvalue weighted by molar-refractivity contribution is -0.159. The van der Waals surface area contributed by atoms with Crippen LogP contribution in [0, 0.1) is 29.6 Å². The number of piperidine rings is 1. The predicted octanol–water partition coefficient (Wildman–Crippen LogP) is 1.06. The van der Waals surface area contributed by atoms with Gasteiger partial charge in [0.25, 0.3) is 0 Å². The van der Waals surface area contributed by atoms with Crippen LogP contribution in [0.5, 0.6) is 0 Å². The van der Waals surface area contributed by atoms with Gasteiger partial charge >= 0.3 is 11.9 Å². The van der Waals surface area contributed by atoms with Gasteiger partial charge in [-0.1, -0.05) is 12.8 Å². The third kappa shape index (κ3) is 2.51. The topological polar surface area (TPSA) is 94.9 Å². The van der Waals surface area contributed by atoms with Gasteiger partial charge in [0.15, 0.2) is 0 Å². The van der Waals surface area contributed by atoms with E-state index in [1.165, 1.54) is 12.8 Å². The van der Waals surface area contributed by atoms with Crippen LogP contribution < -0.4 is 0 Å². The Balaban J connectivity index is 1.66. The fourth-order valence-corrected chi connectivity index (χ4v) is 4.27. The number of aliphatic carboxylic acids is 2. The van der Waals surface area contributed by atoms with Gasteiger partial charge in [-0.3, -0.25) is 14.4 Å². The second-order valence-corrected chi connectivity index (χ2v) is 6.60. The second kappa shape index (κ2) is 5.31. The maximum atomic E-state index is 12.6. The Morgan fingerprint density at radius 1 is 0.857 bits per heavy atom. The van der Waals surface area contributed by atoms with Crippen molar-refractivity contribution in [1.29, 1.82) is 0 Å². The fraction of sp³-hybridized carbons (Fsp3) is 0.800. The number of carboxylic acids is 2. The van der Waals surface area contributed by atoms with E-state index in [0.29, 0.717) is 18.4 Å². The third-order valence-corrected chi connectivity index (χ3v) is 5.50. The molecule has 0 aromatic rings. The van der Waals surface area contributed by atoms with Gasteiger partial charge in [0, 0.05) is 19.0 Å². The number of hydrogen-bond donors (Lipinski definition) is 2. The molecule has 116 valence electrons. The number of amides is 1. The van der Waals surface area contributed by atoms with Gasteiger partial charge in [0.05, 0.1) is 11.8 Å². The maximum Gasteiger partial charge on any atom is 0.309 e. The Morgan fingerprint density at radius 3 is 1.95 bits per heavy atom. The predicted molar refractivity (Wildman–Crippen MR) is 72.4 cm³/mol. The van der Waals surface area contributed by atoms with E-state index in [0.717, 1.165) is 12.8 Å². The number of nitrogens with zero attached hydrogens (tertiary/aromatic N) is 1. The van der Waals surface area contributed by atoms with Gasteiger partial charge in [-0.2, -0.15) is 0 Å². The molecule has 4 atom stereocenters. The summed E-state index contributed by atoms with van der Waals surface area (Å²) in [5, 5.41) is 18.3. The van der Waals surface area contributed by atoms with Crippen LogP contribution in [0.1, 0.15) is 32.1 Å². The first-order chi connectivity index (χ1) is 10.0. The minimum Gasteiger partial charge on any atom is -0.481 e. The molecule has 1 amide bonds. The molecule has 1 saturated heterocycles. The number of likely N-dealkylation sites (tertiary alicyclic amines) is 1. The number of carbonyl (C=O) groups is 3. The van der Waals surface area contributed by atoms with Crippen LogP contribution in [0.3, 0.4) is 0 Å². The van der Waals surface area contributed by atoms with Gasteiger partial charge in [-0.05, 0) is 31.1 Å². The summed E-state index contributed by atoms with van der Waals surface area (Å²) < 4.78 is 0. The molecular formula is C15H21NO5. The monoisotopic (exact) mass is 295 g/mol. The molecule has 6 nitrogen and oxygen atoms in total. The van der Waals surface area contributed by atoms with Crippen molar-refractivity contribution in [3.05, 3.63) is 0 Å². The Bertz CT molecular complexity index is 465. The number of carboxylic acid groups (broad SMARTS) is 2. The highest BCUT2D eigenvalue weighted by Gasteiger charge is 2.56. The lowest BCUT2D eigenvalue weighted by Crippen LogP contribution is -2.49. The highest BCUT2D eigenvalue weighted by molar-refractivity contribution is 5.85. The normalized spacial score (nSPS) is 38.5. The Morgan fingerprint density at radius 2 is 1.43 bits per heavy atom. The van der Waals surface area contributed by atoms with E-state index in [9.17, 15) is 19.5 Å². The van der Waals surface area contributed by atoms with Crippen molar-refractivity contribution in [2.75, 3.05) is 13.1 Å². The summed E-state index contributed by atoms with van der Waals surface area (Å²) in [7, 11) is 0. The lowest BCUT2D eigenvalue weighted by atomic mass is 9.85. The van der Waals surface area contributed by atoms with Crippen LogP contribution in [0.25, 0.3) is 0 Å². The molecule has 3 fully saturated rings. The SMILES string of the molecule is O=C(O)C1CCN(C(=O)C2C3CCCCC32)CC1C(=O)O. The summed E-state index contributed by atoms with van der Waals surface area (Å²) in [5.41, 5.74) is 0. The van der Waals surface area contributed by atoms with Gasteiger partial charge in [-0.25, -0.2) is 0 Å². The van der Waals surface area contributed by atoms with E-state index in [1.54, 1.807) is 4.90 Å². The van der Waals surface area contributed by atoms with Crippen LogP contribution in [0.2, 0.25) is 0 Å². The fourth-order valence-electron chi connectivity index (χ4n) is 4.27. The largest absolute Gasteiger partial charge is 0.481 e. The molecule has 0 spiro atoms. The number of hydrogen-bond acceptors (Lipinski definition) is 3. The summed E-state index contributed by atoms with van der Waals surface area (Å²) in [5.74, 6) is -2.94. The Labute approximate surface area is 123 Å². The zero-order chi connectivity index (χ0) is 15.1. The molecule has 2 aliphatic carbocycles. The lowest BCUT2D eigenvalue weighted by Gasteiger charge is -2.34. The van der Waals surface area contributed by atoms with E-state index < -0.39 is 23.8 Å². The van der Waals surface area contributed by atoms with Crippen molar-refractivity contribution in [1.82, 2.24) is 4.90 Å². The molecule has 4 unspecified atom stereocenters. The van der Waals surface area contributed by atoms with E-state index in [4.69, 9.17) is 5.11 Å². The van der Waals surface area contributed by atoms with Crippen LogP contribution in [-0.4, -0.2) is 46.0 Å². The van der Waals surface area contributed by atoms with Gasteiger partial charge in [-0.15, -0.1) is 0 Å². The van der Waals surface area contributed by atoms with Gasteiger partial charge < -0.3 is 15.1 Å². The maximum absolute atomic E-state index is 12.6. The smallest absolute Gasteiger partial charge is 0.309 e. The highest BCUT2D eigenvalue weighted by atomic mass is 16.4. The zero-order valence-corrected chi connectivity index (χ0v) is 11.9. The summed E-state index contributed by atoms with van der Waals surface area (Å²) in [6.07, 6.45) is 4.82. The van der Waals surface area contributed by atoms with E-state index in [2.05, 4.69) is 0 Å². The minimum atomic E-state index is -1.12. The number of carbonyl (C=O) groups excluding carboxylic acids is 1. The van der Waals surface area contributed by atoms with Gasteiger partial charge in [0.2, 0.25) is 5.91 Å². The molecule has 0 aromatic carbocycles. The summed E-state index contributed by atoms with van der Waals surface area (Å²) in [4.78, 5) is 36.6.